The zero-order valence-corrected chi connectivity index (χ0v) is 17.0. The van der Waals surface area contributed by atoms with Crippen molar-refractivity contribution in [1.82, 2.24) is 19.9 Å². The van der Waals surface area contributed by atoms with Crippen LogP contribution in [0.4, 0.5) is 4.79 Å². The second-order valence-corrected chi connectivity index (χ2v) is 8.10. The third kappa shape index (κ3) is 4.09. The quantitative estimate of drug-likeness (QED) is 0.826. The molecule has 29 heavy (non-hydrogen) atoms. The van der Waals surface area contributed by atoms with Crippen LogP contribution in [0.1, 0.15) is 23.4 Å². The fraction of sp³-hybridized carbons (Fsp3) is 0.450. The van der Waals surface area contributed by atoms with Crippen molar-refractivity contribution in [1.29, 1.82) is 0 Å². The molecule has 0 aliphatic carbocycles. The van der Waals surface area contributed by atoms with Crippen LogP contribution in [0.2, 0.25) is 5.02 Å². The summed E-state index contributed by atoms with van der Waals surface area (Å²) in [7, 11) is 1.73. The Morgan fingerprint density at radius 2 is 1.86 bits per heavy atom. The van der Waals surface area contributed by atoms with Crippen LogP contribution in [0, 0.1) is 0 Å². The van der Waals surface area contributed by atoms with Crippen LogP contribution in [0.5, 0.6) is 0 Å². The predicted octanol–water partition coefficient (Wildman–Crippen LogP) is 2.29. The molecule has 0 spiro atoms. The van der Waals surface area contributed by atoms with Crippen LogP contribution >= 0.6 is 11.6 Å². The molecule has 9 heteroatoms. The van der Waals surface area contributed by atoms with E-state index in [9.17, 15) is 9.59 Å². The maximum absolute atomic E-state index is 12.8. The van der Waals surface area contributed by atoms with Crippen molar-refractivity contribution in [2.75, 3.05) is 33.2 Å². The molecule has 2 fully saturated rings. The van der Waals surface area contributed by atoms with Crippen LogP contribution in [-0.4, -0.2) is 77.1 Å². The average Bonchev–Trinajstić information content (AvgIpc) is 3.47. The van der Waals surface area contributed by atoms with Gasteiger partial charge in [0.2, 0.25) is 5.76 Å². The number of carbonyl (C=O) groups is 2. The van der Waals surface area contributed by atoms with E-state index in [0.717, 1.165) is 18.4 Å². The lowest BCUT2D eigenvalue weighted by Crippen LogP contribution is -2.44. The summed E-state index contributed by atoms with van der Waals surface area (Å²) in [6, 6.07) is 8.80. The fourth-order valence-corrected chi connectivity index (χ4v) is 3.99. The monoisotopic (exact) mass is 417 g/mol. The van der Waals surface area contributed by atoms with E-state index in [-0.39, 0.29) is 29.8 Å². The number of rotatable bonds is 3. The van der Waals surface area contributed by atoms with E-state index in [1.807, 2.05) is 12.1 Å². The lowest BCUT2D eigenvalue weighted by molar-refractivity contribution is 0.0693. The van der Waals surface area contributed by atoms with E-state index >= 15 is 0 Å². The summed E-state index contributed by atoms with van der Waals surface area (Å²) < 4.78 is 5.28. The van der Waals surface area contributed by atoms with Crippen molar-refractivity contribution >= 4 is 23.5 Å². The molecule has 1 aromatic carbocycles. The predicted molar refractivity (Wildman–Crippen MR) is 109 cm³/mol. The molecule has 1 aromatic heterocycles. The highest BCUT2D eigenvalue weighted by atomic mass is 35.5. The minimum Gasteiger partial charge on any atom is -0.350 e. The standard InChI is InChI=1S/C20H24ClN5O3/c1-24(16-7-9-26(12-16)20(28)25-8-6-15(22)11-25)19(27)18-10-17(23-29-18)13-2-4-14(21)5-3-13/h2-5,10,15-16H,6-9,11-12,22H2,1H3/t15-,16+/m1/s1. The van der Waals surface area contributed by atoms with E-state index in [1.165, 1.54) is 0 Å². The minimum absolute atomic E-state index is 0.00555. The van der Waals surface area contributed by atoms with Gasteiger partial charge in [0.25, 0.3) is 5.91 Å². The molecule has 3 heterocycles. The highest BCUT2D eigenvalue weighted by Crippen LogP contribution is 2.24. The van der Waals surface area contributed by atoms with Gasteiger partial charge in [-0.15, -0.1) is 0 Å². The lowest BCUT2D eigenvalue weighted by atomic mass is 10.1. The Balaban J connectivity index is 1.38. The van der Waals surface area contributed by atoms with Crippen molar-refractivity contribution in [2.45, 2.75) is 24.9 Å². The number of benzene rings is 1. The van der Waals surface area contributed by atoms with Gasteiger partial charge >= 0.3 is 6.03 Å². The van der Waals surface area contributed by atoms with Crippen LogP contribution in [0.15, 0.2) is 34.9 Å². The maximum Gasteiger partial charge on any atom is 0.320 e. The van der Waals surface area contributed by atoms with Gasteiger partial charge in [0.1, 0.15) is 5.69 Å². The van der Waals surface area contributed by atoms with Crippen LogP contribution < -0.4 is 5.73 Å². The zero-order chi connectivity index (χ0) is 20.5. The van der Waals surface area contributed by atoms with E-state index in [0.29, 0.717) is 36.9 Å². The first-order valence-electron chi connectivity index (χ1n) is 9.71. The average molecular weight is 418 g/mol. The van der Waals surface area contributed by atoms with Crippen molar-refractivity contribution in [3.63, 3.8) is 0 Å². The van der Waals surface area contributed by atoms with Gasteiger partial charge in [0.15, 0.2) is 0 Å². The molecule has 2 N–H and O–H groups in total. The second kappa shape index (κ2) is 8.04. The Morgan fingerprint density at radius 3 is 2.55 bits per heavy atom. The number of aromatic nitrogens is 1. The normalized spacial score (nSPS) is 21.6. The molecule has 0 unspecified atom stereocenters. The lowest BCUT2D eigenvalue weighted by Gasteiger charge is -2.26. The maximum atomic E-state index is 12.8. The van der Waals surface area contributed by atoms with E-state index in [1.54, 1.807) is 39.9 Å². The Morgan fingerprint density at radius 1 is 1.17 bits per heavy atom. The SMILES string of the molecule is CN(C(=O)c1cc(-c2ccc(Cl)cc2)no1)[C@H]1CCN(C(=O)N2CC[C@@H](N)C2)C1. The topological polar surface area (TPSA) is 95.9 Å². The largest absolute Gasteiger partial charge is 0.350 e. The molecule has 8 nitrogen and oxygen atoms in total. The number of likely N-dealkylation sites (tertiary alicyclic amines) is 2. The number of amides is 3. The first-order valence-corrected chi connectivity index (χ1v) is 10.1. The van der Waals surface area contributed by atoms with Crippen LogP contribution in [0.25, 0.3) is 11.3 Å². The fourth-order valence-electron chi connectivity index (χ4n) is 3.87. The number of urea groups is 1. The molecular weight excluding hydrogens is 394 g/mol. The van der Waals surface area contributed by atoms with Gasteiger partial charge in [-0.1, -0.05) is 28.9 Å². The molecular formula is C20H24ClN5O3. The number of nitrogens with zero attached hydrogens (tertiary/aromatic N) is 4. The van der Waals surface area contributed by atoms with Crippen LogP contribution in [0.3, 0.4) is 0 Å². The Kier molecular flexibility index (Phi) is 5.47. The molecule has 2 aliphatic heterocycles. The number of hydrogen-bond acceptors (Lipinski definition) is 5. The number of carbonyl (C=O) groups excluding carboxylic acids is 2. The molecule has 0 saturated carbocycles. The van der Waals surface area contributed by atoms with Crippen molar-refractivity contribution < 1.29 is 14.1 Å². The van der Waals surface area contributed by atoms with Gasteiger partial charge in [-0.2, -0.15) is 0 Å². The smallest absolute Gasteiger partial charge is 0.320 e. The molecule has 0 bridgehead atoms. The van der Waals surface area contributed by atoms with Gasteiger partial charge in [0, 0.05) is 55.9 Å². The van der Waals surface area contributed by atoms with Crippen molar-refractivity contribution in [3.05, 3.63) is 41.1 Å². The van der Waals surface area contributed by atoms with E-state index in [4.69, 9.17) is 21.9 Å². The molecule has 2 aliphatic rings. The summed E-state index contributed by atoms with van der Waals surface area (Å²) in [5, 5.41) is 4.63. The summed E-state index contributed by atoms with van der Waals surface area (Å²) in [4.78, 5) is 30.7. The Hall–Kier alpha value is -2.58. The van der Waals surface area contributed by atoms with Gasteiger partial charge < -0.3 is 25.0 Å². The summed E-state index contributed by atoms with van der Waals surface area (Å²) in [5.41, 5.74) is 7.30. The van der Waals surface area contributed by atoms with Gasteiger partial charge in [-0.05, 0) is 25.0 Å². The number of likely N-dealkylation sites (N-methyl/N-ethyl adjacent to an activating group) is 1. The Bertz CT molecular complexity index is 900. The van der Waals surface area contributed by atoms with Gasteiger partial charge in [-0.3, -0.25) is 4.79 Å². The summed E-state index contributed by atoms with van der Waals surface area (Å²) in [6.07, 6.45) is 1.56. The van der Waals surface area contributed by atoms with E-state index in [2.05, 4.69) is 5.16 Å². The first kappa shape index (κ1) is 19.7. The summed E-state index contributed by atoms with van der Waals surface area (Å²) >= 11 is 5.91. The van der Waals surface area contributed by atoms with Gasteiger partial charge in [0.05, 0.1) is 6.04 Å². The molecule has 3 amide bonds. The highest BCUT2D eigenvalue weighted by Gasteiger charge is 2.35. The second-order valence-electron chi connectivity index (χ2n) is 7.67. The molecule has 4 rings (SSSR count). The Labute approximate surface area is 174 Å². The summed E-state index contributed by atoms with van der Waals surface area (Å²) in [5.74, 6) is -0.0760. The number of nitrogens with two attached hydrogens (primary N) is 1. The number of halogens is 1. The zero-order valence-electron chi connectivity index (χ0n) is 16.3. The van der Waals surface area contributed by atoms with Crippen molar-refractivity contribution in [3.8, 4) is 11.3 Å². The molecule has 0 radical (unpaired) electrons. The van der Waals surface area contributed by atoms with Gasteiger partial charge in [-0.25, -0.2) is 4.79 Å². The molecule has 2 atom stereocenters. The van der Waals surface area contributed by atoms with Crippen LogP contribution in [-0.2, 0) is 0 Å². The summed E-state index contributed by atoms with van der Waals surface area (Å²) in [6.45, 7) is 2.42. The highest BCUT2D eigenvalue weighted by molar-refractivity contribution is 6.30. The number of hydrogen-bond donors (Lipinski definition) is 1. The van der Waals surface area contributed by atoms with Crippen molar-refractivity contribution in [2.24, 2.45) is 5.73 Å². The molecule has 2 aromatic rings. The third-order valence-corrected chi connectivity index (χ3v) is 5.91. The minimum atomic E-state index is -0.250. The first-order chi connectivity index (χ1) is 13.9. The molecule has 154 valence electrons. The third-order valence-electron chi connectivity index (χ3n) is 5.66. The molecule has 2 saturated heterocycles. The van der Waals surface area contributed by atoms with E-state index < -0.39 is 0 Å².